The SMILES string of the molecule is CCCCCC1CC=C(c2ccc(C=O)c(F)c2F)CC1. The Morgan fingerprint density at radius 2 is 2.05 bits per heavy atom. The first-order valence-corrected chi connectivity index (χ1v) is 7.80. The number of carbonyl (C=O) groups excluding carboxylic acids is 1. The molecular weight excluding hydrogens is 270 g/mol. The molecule has 0 heterocycles. The zero-order chi connectivity index (χ0) is 15.2. The maximum Gasteiger partial charge on any atom is 0.169 e. The highest BCUT2D eigenvalue weighted by molar-refractivity contribution is 5.77. The zero-order valence-corrected chi connectivity index (χ0v) is 12.5. The molecule has 1 atom stereocenters. The number of hydrogen-bond acceptors (Lipinski definition) is 1. The maximum atomic E-state index is 14.0. The molecule has 114 valence electrons. The Morgan fingerprint density at radius 3 is 2.67 bits per heavy atom. The zero-order valence-electron chi connectivity index (χ0n) is 12.5. The Kier molecular flexibility index (Phi) is 5.66. The first-order chi connectivity index (χ1) is 10.2. The van der Waals surface area contributed by atoms with E-state index < -0.39 is 11.6 Å². The van der Waals surface area contributed by atoms with Crippen LogP contribution in [-0.2, 0) is 0 Å². The lowest BCUT2D eigenvalue weighted by Crippen LogP contribution is -2.07. The van der Waals surface area contributed by atoms with Gasteiger partial charge >= 0.3 is 0 Å². The minimum atomic E-state index is -1.03. The molecule has 0 aliphatic heterocycles. The largest absolute Gasteiger partial charge is 0.298 e. The molecule has 0 amide bonds. The van der Waals surface area contributed by atoms with Crippen LogP contribution in [0.15, 0.2) is 18.2 Å². The molecule has 0 saturated heterocycles. The smallest absolute Gasteiger partial charge is 0.169 e. The number of carbonyl (C=O) groups is 1. The lowest BCUT2D eigenvalue weighted by atomic mass is 9.83. The van der Waals surface area contributed by atoms with Gasteiger partial charge in [0.15, 0.2) is 17.9 Å². The van der Waals surface area contributed by atoms with Crippen LogP contribution >= 0.6 is 0 Å². The second-order valence-electron chi connectivity index (χ2n) is 5.81. The van der Waals surface area contributed by atoms with Crippen LogP contribution in [0.4, 0.5) is 8.78 Å². The molecule has 1 aromatic carbocycles. The highest BCUT2D eigenvalue weighted by Crippen LogP contribution is 2.34. The van der Waals surface area contributed by atoms with Crippen LogP contribution in [0.2, 0.25) is 0 Å². The van der Waals surface area contributed by atoms with Gasteiger partial charge in [0.25, 0.3) is 0 Å². The Morgan fingerprint density at radius 1 is 1.24 bits per heavy atom. The average Bonchev–Trinajstić information content (AvgIpc) is 2.51. The van der Waals surface area contributed by atoms with Crippen LogP contribution < -0.4 is 0 Å². The van der Waals surface area contributed by atoms with E-state index in [-0.39, 0.29) is 5.56 Å². The quantitative estimate of drug-likeness (QED) is 0.497. The van der Waals surface area contributed by atoms with E-state index in [2.05, 4.69) is 6.92 Å². The summed E-state index contributed by atoms with van der Waals surface area (Å²) in [6.07, 6.45) is 10.1. The summed E-state index contributed by atoms with van der Waals surface area (Å²) in [5.41, 5.74) is 0.964. The monoisotopic (exact) mass is 292 g/mol. The molecule has 0 spiro atoms. The van der Waals surface area contributed by atoms with Crippen molar-refractivity contribution in [3.63, 3.8) is 0 Å². The number of hydrogen-bond donors (Lipinski definition) is 0. The summed E-state index contributed by atoms with van der Waals surface area (Å²) in [6.45, 7) is 2.19. The van der Waals surface area contributed by atoms with Gasteiger partial charge in [-0.3, -0.25) is 4.79 Å². The minimum absolute atomic E-state index is 0.217. The highest BCUT2D eigenvalue weighted by Gasteiger charge is 2.20. The molecule has 1 aromatic rings. The second kappa shape index (κ2) is 7.48. The van der Waals surface area contributed by atoms with Crippen LogP contribution in [-0.4, -0.2) is 6.29 Å². The fourth-order valence-corrected chi connectivity index (χ4v) is 2.98. The predicted molar refractivity (Wildman–Crippen MR) is 81.2 cm³/mol. The van der Waals surface area contributed by atoms with Gasteiger partial charge in [0, 0.05) is 5.56 Å². The van der Waals surface area contributed by atoms with Crippen LogP contribution in [0.5, 0.6) is 0 Å². The van der Waals surface area contributed by atoms with Crippen molar-refractivity contribution in [1.82, 2.24) is 0 Å². The highest BCUT2D eigenvalue weighted by atomic mass is 19.2. The molecule has 1 aliphatic carbocycles. The first-order valence-electron chi connectivity index (χ1n) is 7.80. The molecule has 0 N–H and O–H groups in total. The number of unbranched alkanes of at least 4 members (excludes halogenated alkanes) is 2. The lowest BCUT2D eigenvalue weighted by molar-refractivity contribution is 0.111. The van der Waals surface area contributed by atoms with Gasteiger partial charge in [-0.25, -0.2) is 8.78 Å². The lowest BCUT2D eigenvalue weighted by Gasteiger charge is -2.22. The summed E-state index contributed by atoms with van der Waals surface area (Å²) >= 11 is 0. The van der Waals surface area contributed by atoms with Crippen molar-refractivity contribution in [1.29, 1.82) is 0 Å². The van der Waals surface area contributed by atoms with Gasteiger partial charge in [-0.05, 0) is 36.8 Å². The van der Waals surface area contributed by atoms with Gasteiger partial charge in [-0.2, -0.15) is 0 Å². The molecule has 0 radical (unpaired) electrons. The van der Waals surface area contributed by atoms with Crippen LogP contribution in [0.25, 0.3) is 5.57 Å². The Labute approximate surface area is 125 Å². The maximum absolute atomic E-state index is 14.0. The topological polar surface area (TPSA) is 17.1 Å². The predicted octanol–water partition coefficient (Wildman–Crippen LogP) is 5.54. The Balaban J connectivity index is 2.07. The molecule has 0 fully saturated rings. The Bertz CT molecular complexity index is 534. The molecule has 3 heteroatoms. The molecule has 0 saturated carbocycles. The molecule has 21 heavy (non-hydrogen) atoms. The number of rotatable bonds is 6. The molecular formula is C18H22F2O. The third-order valence-corrected chi connectivity index (χ3v) is 4.32. The van der Waals surface area contributed by atoms with Crippen molar-refractivity contribution < 1.29 is 13.6 Å². The van der Waals surface area contributed by atoms with E-state index in [0.29, 0.717) is 17.8 Å². The summed E-state index contributed by atoms with van der Waals surface area (Å²) in [4.78, 5) is 10.6. The van der Waals surface area contributed by atoms with Crippen molar-refractivity contribution in [2.24, 2.45) is 5.92 Å². The first kappa shape index (κ1) is 15.9. The summed E-state index contributed by atoms with van der Waals surface area (Å²) in [5.74, 6) is -1.26. The van der Waals surface area contributed by atoms with Gasteiger partial charge in [0.1, 0.15) is 0 Å². The number of benzene rings is 1. The average molecular weight is 292 g/mol. The van der Waals surface area contributed by atoms with Gasteiger partial charge in [-0.1, -0.05) is 44.7 Å². The van der Waals surface area contributed by atoms with Gasteiger partial charge in [0.05, 0.1) is 5.56 Å². The van der Waals surface area contributed by atoms with Crippen molar-refractivity contribution in [3.8, 4) is 0 Å². The minimum Gasteiger partial charge on any atom is -0.298 e. The summed E-state index contributed by atoms with van der Waals surface area (Å²) in [5, 5.41) is 0. The summed E-state index contributed by atoms with van der Waals surface area (Å²) < 4.78 is 27.7. The number of halogens is 2. The van der Waals surface area contributed by atoms with E-state index in [1.54, 1.807) is 0 Å². The molecule has 2 rings (SSSR count). The van der Waals surface area contributed by atoms with E-state index >= 15 is 0 Å². The van der Waals surface area contributed by atoms with Crippen molar-refractivity contribution in [3.05, 3.63) is 41.0 Å². The fraction of sp³-hybridized carbons (Fsp3) is 0.500. The number of aldehydes is 1. The van der Waals surface area contributed by atoms with E-state index in [9.17, 15) is 13.6 Å². The van der Waals surface area contributed by atoms with E-state index in [1.807, 2.05) is 6.08 Å². The van der Waals surface area contributed by atoms with Gasteiger partial charge in [0.2, 0.25) is 0 Å². The summed E-state index contributed by atoms with van der Waals surface area (Å²) in [6, 6.07) is 2.88. The van der Waals surface area contributed by atoms with E-state index in [1.165, 1.54) is 37.8 Å². The van der Waals surface area contributed by atoms with Crippen molar-refractivity contribution in [2.45, 2.75) is 51.9 Å². The molecule has 0 bridgehead atoms. The van der Waals surface area contributed by atoms with Crippen LogP contribution in [0.1, 0.15) is 67.8 Å². The van der Waals surface area contributed by atoms with Crippen LogP contribution in [0.3, 0.4) is 0 Å². The second-order valence-corrected chi connectivity index (χ2v) is 5.81. The van der Waals surface area contributed by atoms with Crippen LogP contribution in [0, 0.1) is 17.6 Å². The Hall–Kier alpha value is -1.51. The normalized spacial score (nSPS) is 18.4. The third-order valence-electron chi connectivity index (χ3n) is 4.32. The van der Waals surface area contributed by atoms with Gasteiger partial charge < -0.3 is 0 Å². The van der Waals surface area contributed by atoms with Crippen molar-refractivity contribution >= 4 is 11.9 Å². The molecule has 1 aliphatic rings. The summed E-state index contributed by atoms with van der Waals surface area (Å²) in [7, 11) is 0. The molecule has 1 nitrogen and oxygen atoms in total. The number of allylic oxidation sites excluding steroid dienone is 2. The van der Waals surface area contributed by atoms with Gasteiger partial charge in [-0.15, -0.1) is 0 Å². The standard InChI is InChI=1S/C18H22F2O/c1-2-3-4-5-13-6-8-14(9-7-13)16-11-10-15(12-21)17(19)18(16)20/h8,10-13H,2-7,9H2,1H3. The van der Waals surface area contributed by atoms with E-state index in [0.717, 1.165) is 24.8 Å². The fourth-order valence-electron chi connectivity index (χ4n) is 2.98. The van der Waals surface area contributed by atoms with E-state index in [4.69, 9.17) is 0 Å². The van der Waals surface area contributed by atoms with Crippen molar-refractivity contribution in [2.75, 3.05) is 0 Å². The molecule has 0 aromatic heterocycles. The molecule has 1 unspecified atom stereocenters. The third kappa shape index (κ3) is 3.78.